The Bertz CT molecular complexity index is 382. The molecule has 0 bridgehead atoms. The molecule has 2 heterocycles. The molecule has 6 heteroatoms. The number of rotatable bonds is 3. The van der Waals surface area contributed by atoms with Crippen LogP contribution in [0.15, 0.2) is 0 Å². The number of likely N-dealkylation sites (tertiary alicyclic amines) is 1. The van der Waals surface area contributed by atoms with E-state index in [9.17, 15) is 8.42 Å². The van der Waals surface area contributed by atoms with Crippen molar-refractivity contribution in [1.82, 2.24) is 9.80 Å². The lowest BCUT2D eigenvalue weighted by Gasteiger charge is -2.37. The van der Waals surface area contributed by atoms with Crippen molar-refractivity contribution in [3.63, 3.8) is 0 Å². The van der Waals surface area contributed by atoms with E-state index in [2.05, 4.69) is 23.9 Å². The molecule has 2 atom stereocenters. The third-order valence-corrected chi connectivity index (χ3v) is 6.11. The van der Waals surface area contributed by atoms with Crippen LogP contribution in [0, 0.1) is 0 Å². The summed E-state index contributed by atoms with van der Waals surface area (Å²) in [5, 5.41) is 0. The van der Waals surface area contributed by atoms with E-state index in [1.807, 2.05) is 0 Å². The van der Waals surface area contributed by atoms with Gasteiger partial charge in [0.1, 0.15) is 0 Å². The lowest BCUT2D eigenvalue weighted by Crippen LogP contribution is -2.54. The van der Waals surface area contributed by atoms with Gasteiger partial charge in [0.25, 0.3) is 0 Å². The maximum atomic E-state index is 11.7. The van der Waals surface area contributed by atoms with Crippen LogP contribution >= 0.6 is 0 Å². The Morgan fingerprint density at radius 3 is 2.59 bits per heavy atom. The van der Waals surface area contributed by atoms with Gasteiger partial charge in [-0.15, -0.1) is 0 Å². The Kier molecular flexibility index (Phi) is 3.51. The minimum Gasteiger partial charge on any atom is -0.329 e. The Morgan fingerprint density at radius 1 is 1.47 bits per heavy atom. The van der Waals surface area contributed by atoms with Crippen molar-refractivity contribution in [2.75, 3.05) is 45.2 Å². The van der Waals surface area contributed by atoms with Crippen LogP contribution in [0.5, 0.6) is 0 Å². The molecular weight excluding hydrogens is 238 g/mol. The smallest absolute Gasteiger partial charge is 0.152 e. The maximum Gasteiger partial charge on any atom is 0.152 e. The average molecular weight is 261 g/mol. The van der Waals surface area contributed by atoms with Gasteiger partial charge in [0.15, 0.2) is 9.84 Å². The molecule has 2 rings (SSSR count). The molecule has 2 fully saturated rings. The van der Waals surface area contributed by atoms with Crippen LogP contribution in [0.1, 0.15) is 12.8 Å². The maximum absolute atomic E-state index is 11.7. The zero-order chi connectivity index (χ0) is 12.7. The normalized spacial score (nSPS) is 38.0. The zero-order valence-corrected chi connectivity index (χ0v) is 11.5. The van der Waals surface area contributed by atoms with Crippen LogP contribution < -0.4 is 5.73 Å². The van der Waals surface area contributed by atoms with Gasteiger partial charge in [-0.05, 0) is 26.9 Å². The molecule has 0 radical (unpaired) electrons. The van der Waals surface area contributed by atoms with Crippen LogP contribution in [-0.2, 0) is 9.84 Å². The van der Waals surface area contributed by atoms with Crippen molar-refractivity contribution >= 4 is 9.84 Å². The third-order valence-electron chi connectivity index (χ3n) is 4.31. The van der Waals surface area contributed by atoms with Gasteiger partial charge >= 0.3 is 0 Å². The molecule has 0 aromatic rings. The first-order valence-corrected chi connectivity index (χ1v) is 8.03. The molecule has 0 spiro atoms. The highest BCUT2D eigenvalue weighted by molar-refractivity contribution is 7.91. The van der Waals surface area contributed by atoms with Gasteiger partial charge in [-0.3, -0.25) is 4.90 Å². The number of likely N-dealkylation sites (N-methyl/N-ethyl adjacent to an activating group) is 1. The molecular formula is C11H23N3O2S. The molecule has 0 aromatic carbocycles. The minimum absolute atomic E-state index is 0.247. The number of hydrogen-bond acceptors (Lipinski definition) is 5. The second-order valence-electron chi connectivity index (χ2n) is 5.62. The number of nitrogens with zero attached hydrogens (tertiary/aromatic N) is 2. The highest BCUT2D eigenvalue weighted by atomic mass is 32.2. The van der Waals surface area contributed by atoms with E-state index in [-0.39, 0.29) is 11.3 Å². The molecule has 5 nitrogen and oxygen atoms in total. The van der Waals surface area contributed by atoms with Crippen molar-refractivity contribution in [3.8, 4) is 0 Å². The quantitative estimate of drug-likeness (QED) is 0.716. The highest BCUT2D eigenvalue weighted by Gasteiger charge is 2.47. The molecule has 100 valence electrons. The number of nitrogens with two attached hydrogens (primary N) is 1. The van der Waals surface area contributed by atoms with Crippen molar-refractivity contribution in [2.45, 2.75) is 24.4 Å². The molecule has 2 N–H and O–H groups in total. The Hall–Kier alpha value is -0.170. The summed E-state index contributed by atoms with van der Waals surface area (Å²) in [6, 6.07) is 0.529. The first-order valence-electron chi connectivity index (χ1n) is 6.20. The summed E-state index contributed by atoms with van der Waals surface area (Å²) in [6.07, 6.45) is 1.81. The summed E-state index contributed by atoms with van der Waals surface area (Å²) in [6.45, 7) is 2.36. The summed E-state index contributed by atoms with van der Waals surface area (Å²) in [7, 11) is 1.28. The third kappa shape index (κ3) is 2.50. The van der Waals surface area contributed by atoms with Gasteiger partial charge in [-0.1, -0.05) is 0 Å². The van der Waals surface area contributed by atoms with Crippen molar-refractivity contribution in [3.05, 3.63) is 0 Å². The second-order valence-corrected chi connectivity index (χ2v) is 7.81. The SMILES string of the molecule is CN(C)C1CCN(C2(CN)CCS(=O)(=O)C2)C1. The zero-order valence-electron chi connectivity index (χ0n) is 10.7. The molecule has 2 aliphatic rings. The molecule has 0 aromatic heterocycles. The topological polar surface area (TPSA) is 66.6 Å². The van der Waals surface area contributed by atoms with E-state index in [1.165, 1.54) is 0 Å². The van der Waals surface area contributed by atoms with Gasteiger partial charge < -0.3 is 10.6 Å². The fourth-order valence-corrected chi connectivity index (χ4v) is 5.13. The van der Waals surface area contributed by atoms with Crippen molar-refractivity contribution in [2.24, 2.45) is 5.73 Å². The number of sulfone groups is 1. The lowest BCUT2D eigenvalue weighted by molar-refractivity contribution is 0.137. The first kappa shape index (κ1) is 13.3. The summed E-state index contributed by atoms with van der Waals surface area (Å²) in [4.78, 5) is 4.52. The molecule has 0 amide bonds. The van der Waals surface area contributed by atoms with Gasteiger partial charge in [-0.2, -0.15) is 0 Å². The molecule has 0 aliphatic carbocycles. The monoisotopic (exact) mass is 261 g/mol. The van der Waals surface area contributed by atoms with Crippen LogP contribution in [0.4, 0.5) is 0 Å². The van der Waals surface area contributed by atoms with E-state index in [1.54, 1.807) is 0 Å². The van der Waals surface area contributed by atoms with E-state index < -0.39 is 9.84 Å². The van der Waals surface area contributed by atoms with Crippen LogP contribution in [-0.4, -0.2) is 75.0 Å². The first-order chi connectivity index (χ1) is 7.88. The molecule has 17 heavy (non-hydrogen) atoms. The Labute approximate surface area is 104 Å². The highest BCUT2D eigenvalue weighted by Crippen LogP contribution is 2.32. The fourth-order valence-electron chi connectivity index (χ4n) is 3.03. The average Bonchev–Trinajstić information content (AvgIpc) is 2.83. The van der Waals surface area contributed by atoms with Gasteiger partial charge in [0.2, 0.25) is 0 Å². The van der Waals surface area contributed by atoms with Gasteiger partial charge in [0.05, 0.1) is 11.5 Å². The summed E-state index contributed by atoms with van der Waals surface area (Å²) in [5.41, 5.74) is 5.58. The largest absolute Gasteiger partial charge is 0.329 e. The molecule has 0 saturated carbocycles. The molecule has 2 saturated heterocycles. The predicted octanol–water partition coefficient (Wildman–Crippen LogP) is -0.862. The summed E-state index contributed by atoms with van der Waals surface area (Å²) in [5.74, 6) is 0.546. The van der Waals surface area contributed by atoms with Gasteiger partial charge in [0, 0.05) is 31.2 Å². The Balaban J connectivity index is 2.11. The lowest BCUT2D eigenvalue weighted by atomic mass is 9.97. The molecule has 2 unspecified atom stereocenters. The van der Waals surface area contributed by atoms with E-state index >= 15 is 0 Å². The minimum atomic E-state index is -2.88. The predicted molar refractivity (Wildman–Crippen MR) is 68.7 cm³/mol. The second kappa shape index (κ2) is 4.50. The van der Waals surface area contributed by atoms with Crippen molar-refractivity contribution in [1.29, 1.82) is 0 Å². The summed E-state index contributed by atoms with van der Waals surface area (Å²) < 4.78 is 23.4. The van der Waals surface area contributed by atoms with Crippen LogP contribution in [0.3, 0.4) is 0 Å². The van der Waals surface area contributed by atoms with Gasteiger partial charge in [-0.25, -0.2) is 8.42 Å². The van der Waals surface area contributed by atoms with E-state index in [0.29, 0.717) is 24.8 Å². The van der Waals surface area contributed by atoms with Crippen LogP contribution in [0.25, 0.3) is 0 Å². The fraction of sp³-hybridized carbons (Fsp3) is 1.00. The van der Waals surface area contributed by atoms with Crippen molar-refractivity contribution < 1.29 is 8.42 Å². The van der Waals surface area contributed by atoms with E-state index in [4.69, 9.17) is 5.73 Å². The van der Waals surface area contributed by atoms with E-state index in [0.717, 1.165) is 19.5 Å². The standard InChI is InChI=1S/C11H23N3O2S/c1-13(2)10-3-5-14(7-10)11(8-12)4-6-17(15,16)9-11/h10H,3-9,12H2,1-2H3. The number of hydrogen-bond donors (Lipinski definition) is 1. The molecule has 2 aliphatic heterocycles. The van der Waals surface area contributed by atoms with Crippen LogP contribution in [0.2, 0.25) is 0 Å². The summed E-state index contributed by atoms with van der Waals surface area (Å²) >= 11 is 0. The Morgan fingerprint density at radius 2 is 2.18 bits per heavy atom.